The van der Waals surface area contributed by atoms with Crippen LogP contribution in [0.3, 0.4) is 0 Å². The van der Waals surface area contributed by atoms with Crippen molar-refractivity contribution in [2.75, 3.05) is 0 Å². The van der Waals surface area contributed by atoms with Gasteiger partial charge in [0.15, 0.2) is 0 Å². The summed E-state index contributed by atoms with van der Waals surface area (Å²) < 4.78 is 1.06. The van der Waals surface area contributed by atoms with Crippen LogP contribution in [0.25, 0.3) is 10.2 Å². The quantitative estimate of drug-likeness (QED) is 0.843. The molecule has 1 saturated carbocycles. The average molecular weight is 248 g/mol. The van der Waals surface area contributed by atoms with E-state index in [1.165, 1.54) is 6.42 Å². The minimum absolute atomic E-state index is 0.296. The van der Waals surface area contributed by atoms with Crippen molar-refractivity contribution in [1.29, 1.82) is 0 Å². The minimum Gasteiger partial charge on any atom is -0.382 e. The summed E-state index contributed by atoms with van der Waals surface area (Å²) in [5, 5.41) is 11.7. The van der Waals surface area contributed by atoms with Crippen molar-refractivity contribution in [3.05, 3.63) is 23.5 Å². The molecule has 2 aromatic heterocycles. The molecule has 0 aromatic carbocycles. The maximum atomic E-state index is 10.8. The average Bonchev–Trinajstić information content (AvgIpc) is 2.77. The number of hydrogen-bond donors (Lipinski definition) is 1. The molecule has 1 unspecified atom stereocenters. The summed E-state index contributed by atoms with van der Waals surface area (Å²) >= 11 is 1.58. The highest BCUT2D eigenvalue weighted by molar-refractivity contribution is 7.18. The van der Waals surface area contributed by atoms with E-state index in [4.69, 9.17) is 0 Å². The SMILES string of the molecule is CC1CCCC[C@@]1(O)c1nc2ccncc2s1. The lowest BCUT2D eigenvalue weighted by Gasteiger charge is -2.36. The fourth-order valence-electron chi connectivity index (χ4n) is 2.61. The number of pyridine rings is 1. The zero-order chi connectivity index (χ0) is 11.9. The highest BCUT2D eigenvalue weighted by Gasteiger charge is 2.40. The first-order valence-corrected chi connectivity index (χ1v) is 6.95. The topological polar surface area (TPSA) is 46.0 Å². The van der Waals surface area contributed by atoms with Gasteiger partial charge in [0, 0.05) is 12.4 Å². The molecule has 1 aliphatic carbocycles. The van der Waals surface area contributed by atoms with E-state index >= 15 is 0 Å². The summed E-state index contributed by atoms with van der Waals surface area (Å²) in [6, 6.07) is 1.91. The number of hydrogen-bond acceptors (Lipinski definition) is 4. The molecule has 2 heterocycles. The van der Waals surface area contributed by atoms with Crippen LogP contribution < -0.4 is 0 Å². The molecular formula is C13H16N2OS. The van der Waals surface area contributed by atoms with Crippen molar-refractivity contribution >= 4 is 21.6 Å². The van der Waals surface area contributed by atoms with Crippen LogP contribution in [-0.2, 0) is 5.60 Å². The lowest BCUT2D eigenvalue weighted by molar-refractivity contribution is -0.0469. The van der Waals surface area contributed by atoms with Gasteiger partial charge in [-0.3, -0.25) is 4.98 Å². The van der Waals surface area contributed by atoms with Gasteiger partial charge in [-0.1, -0.05) is 19.8 Å². The largest absolute Gasteiger partial charge is 0.382 e. The third-order valence-electron chi connectivity index (χ3n) is 3.82. The lowest BCUT2D eigenvalue weighted by atomic mass is 9.77. The fourth-order valence-corrected chi connectivity index (χ4v) is 3.78. The van der Waals surface area contributed by atoms with Gasteiger partial charge in [-0.05, 0) is 24.8 Å². The van der Waals surface area contributed by atoms with E-state index in [1.807, 2.05) is 12.3 Å². The number of thiazole rings is 1. The Bertz CT molecular complexity index is 506. The Hall–Kier alpha value is -1.000. The monoisotopic (exact) mass is 248 g/mol. The normalized spacial score (nSPS) is 29.6. The standard InChI is InChI=1S/C13H16N2OS/c1-9-4-2-3-6-13(9,16)12-15-10-5-7-14-8-11(10)17-12/h5,7-9,16H,2-4,6H2,1H3/t9?,13-/m0/s1. The van der Waals surface area contributed by atoms with Gasteiger partial charge in [-0.2, -0.15) is 0 Å². The van der Waals surface area contributed by atoms with Crippen molar-refractivity contribution < 1.29 is 5.11 Å². The van der Waals surface area contributed by atoms with Crippen molar-refractivity contribution in [3.8, 4) is 0 Å². The first-order chi connectivity index (χ1) is 8.20. The number of fused-ring (bicyclic) bond motifs is 1. The predicted octanol–water partition coefficient (Wildman–Crippen LogP) is 3.09. The summed E-state index contributed by atoms with van der Waals surface area (Å²) in [5.41, 5.74) is 0.230. The Kier molecular flexibility index (Phi) is 2.64. The first-order valence-electron chi connectivity index (χ1n) is 6.13. The molecule has 0 aliphatic heterocycles. The minimum atomic E-state index is -0.720. The van der Waals surface area contributed by atoms with E-state index in [0.717, 1.165) is 34.5 Å². The molecule has 90 valence electrons. The van der Waals surface area contributed by atoms with Gasteiger partial charge in [-0.15, -0.1) is 11.3 Å². The van der Waals surface area contributed by atoms with Crippen LogP contribution in [0.1, 0.15) is 37.6 Å². The van der Waals surface area contributed by atoms with Crippen LogP contribution in [0.2, 0.25) is 0 Å². The van der Waals surface area contributed by atoms with Crippen LogP contribution in [0.4, 0.5) is 0 Å². The molecule has 1 N–H and O–H groups in total. The molecule has 2 atom stereocenters. The molecule has 0 saturated heterocycles. The lowest BCUT2D eigenvalue weighted by Crippen LogP contribution is -2.36. The van der Waals surface area contributed by atoms with Gasteiger partial charge in [0.05, 0.1) is 10.2 Å². The molecule has 0 bridgehead atoms. The third kappa shape index (κ3) is 1.76. The Morgan fingerprint density at radius 3 is 3.12 bits per heavy atom. The molecule has 17 heavy (non-hydrogen) atoms. The summed E-state index contributed by atoms with van der Waals surface area (Å²) in [6.45, 7) is 2.13. The number of aliphatic hydroxyl groups is 1. The predicted molar refractivity (Wildman–Crippen MR) is 68.9 cm³/mol. The summed E-state index contributed by atoms with van der Waals surface area (Å²) in [7, 11) is 0. The summed E-state index contributed by atoms with van der Waals surface area (Å²) in [5.74, 6) is 0.296. The third-order valence-corrected chi connectivity index (χ3v) is 4.99. The zero-order valence-corrected chi connectivity index (χ0v) is 10.7. The summed E-state index contributed by atoms with van der Waals surface area (Å²) in [6.07, 6.45) is 7.81. The molecule has 2 aromatic rings. The molecule has 1 aliphatic rings. The van der Waals surface area contributed by atoms with Crippen LogP contribution in [-0.4, -0.2) is 15.1 Å². The van der Waals surface area contributed by atoms with Crippen LogP contribution in [0, 0.1) is 5.92 Å². The van der Waals surface area contributed by atoms with Gasteiger partial charge in [0.2, 0.25) is 0 Å². The second-order valence-corrected chi connectivity index (χ2v) is 5.96. The Morgan fingerprint density at radius 2 is 2.35 bits per heavy atom. The number of rotatable bonds is 1. The second-order valence-electron chi connectivity index (χ2n) is 4.93. The maximum Gasteiger partial charge on any atom is 0.126 e. The first kappa shape index (κ1) is 11.1. The van der Waals surface area contributed by atoms with E-state index in [9.17, 15) is 5.11 Å². The van der Waals surface area contributed by atoms with Crippen LogP contribution in [0.15, 0.2) is 18.5 Å². The molecule has 1 fully saturated rings. The van der Waals surface area contributed by atoms with Crippen molar-refractivity contribution in [2.24, 2.45) is 5.92 Å². The molecule has 0 amide bonds. The summed E-state index contributed by atoms with van der Waals surface area (Å²) in [4.78, 5) is 8.69. The van der Waals surface area contributed by atoms with Crippen LogP contribution in [0.5, 0.6) is 0 Å². The van der Waals surface area contributed by atoms with E-state index in [2.05, 4.69) is 16.9 Å². The van der Waals surface area contributed by atoms with Crippen molar-refractivity contribution in [3.63, 3.8) is 0 Å². The van der Waals surface area contributed by atoms with Gasteiger partial charge >= 0.3 is 0 Å². The van der Waals surface area contributed by atoms with E-state index < -0.39 is 5.60 Å². The molecule has 0 spiro atoms. The van der Waals surface area contributed by atoms with Crippen LogP contribution >= 0.6 is 11.3 Å². The zero-order valence-electron chi connectivity index (χ0n) is 9.89. The second kappa shape index (κ2) is 4.03. The molecular weight excluding hydrogens is 232 g/mol. The van der Waals surface area contributed by atoms with Gasteiger partial charge in [0.25, 0.3) is 0 Å². The Morgan fingerprint density at radius 1 is 1.47 bits per heavy atom. The molecule has 0 radical (unpaired) electrons. The van der Waals surface area contributed by atoms with Crippen molar-refractivity contribution in [1.82, 2.24) is 9.97 Å². The van der Waals surface area contributed by atoms with Gasteiger partial charge in [0.1, 0.15) is 10.6 Å². The highest BCUT2D eigenvalue weighted by Crippen LogP contribution is 2.43. The van der Waals surface area contributed by atoms with Gasteiger partial charge < -0.3 is 5.11 Å². The maximum absolute atomic E-state index is 10.8. The molecule has 3 nitrogen and oxygen atoms in total. The van der Waals surface area contributed by atoms with E-state index in [1.54, 1.807) is 17.5 Å². The number of aromatic nitrogens is 2. The molecule has 3 rings (SSSR count). The van der Waals surface area contributed by atoms with E-state index in [-0.39, 0.29) is 0 Å². The smallest absolute Gasteiger partial charge is 0.126 e. The number of nitrogens with zero attached hydrogens (tertiary/aromatic N) is 2. The van der Waals surface area contributed by atoms with Crippen molar-refractivity contribution in [2.45, 2.75) is 38.2 Å². The fraction of sp³-hybridized carbons (Fsp3) is 0.538. The van der Waals surface area contributed by atoms with E-state index in [0.29, 0.717) is 5.92 Å². The van der Waals surface area contributed by atoms with Gasteiger partial charge in [-0.25, -0.2) is 4.98 Å². The molecule has 4 heteroatoms. The Labute approximate surface area is 105 Å². The Balaban J connectivity index is 2.07. The highest BCUT2D eigenvalue weighted by atomic mass is 32.1.